The van der Waals surface area contributed by atoms with Crippen molar-refractivity contribution in [3.8, 4) is 11.5 Å². The summed E-state index contributed by atoms with van der Waals surface area (Å²) in [4.78, 5) is 13.1. The number of aryl methyl sites for hydroxylation is 1. The fraction of sp³-hybridized carbons (Fsp3) is 0.429. The van der Waals surface area contributed by atoms with E-state index in [1.165, 1.54) is 0 Å². The number of allylic oxidation sites excluding steroid dienone is 2. The molecule has 1 aromatic carbocycles. The molecule has 6 nitrogen and oxygen atoms in total. The van der Waals surface area contributed by atoms with Crippen LogP contribution in [0, 0.1) is 12.3 Å². The molecule has 4 rings (SSSR count). The Balaban J connectivity index is 1.88. The van der Waals surface area contributed by atoms with Crippen LogP contribution in [-0.2, 0) is 4.79 Å². The smallest absolute Gasteiger partial charge is 0.233 e. The number of anilines is 1. The Morgan fingerprint density at radius 3 is 2.85 bits per heavy atom. The number of nitrogens with zero attached hydrogens (tertiary/aromatic N) is 1. The number of hydrogen-bond donors (Lipinski definition) is 2. The van der Waals surface area contributed by atoms with Crippen molar-refractivity contribution in [1.82, 2.24) is 5.16 Å². The maximum atomic E-state index is 13.1. The first-order valence-corrected chi connectivity index (χ1v) is 9.26. The van der Waals surface area contributed by atoms with E-state index >= 15 is 0 Å². The van der Waals surface area contributed by atoms with Crippen molar-refractivity contribution in [2.75, 3.05) is 11.9 Å². The normalized spacial score (nSPS) is 20.7. The van der Waals surface area contributed by atoms with Gasteiger partial charge in [0, 0.05) is 23.6 Å². The summed E-state index contributed by atoms with van der Waals surface area (Å²) in [6.45, 7) is 8.39. The second kappa shape index (κ2) is 6.15. The summed E-state index contributed by atoms with van der Waals surface area (Å²) in [5, 5.41) is 17.8. The maximum Gasteiger partial charge on any atom is 0.233 e. The molecule has 0 saturated carbocycles. The Bertz CT molecular complexity index is 955. The predicted molar refractivity (Wildman–Crippen MR) is 101 cm³/mol. The molecule has 0 amide bonds. The molecule has 0 spiro atoms. The third kappa shape index (κ3) is 2.89. The van der Waals surface area contributed by atoms with Gasteiger partial charge in [0.2, 0.25) is 5.88 Å². The standard InChI is InChI=1S/C21H24N2O4/c1-5-26-16-7-6-12(8-14(16)24)18-17-11(2)23-27-20(17)22-13-9-21(3,4)10-15(25)19(13)18/h6-8,18,22,24H,5,9-10H2,1-4H3/t18-/m0/s1. The van der Waals surface area contributed by atoms with E-state index in [0.29, 0.717) is 24.7 Å². The van der Waals surface area contributed by atoms with E-state index in [0.717, 1.165) is 34.5 Å². The Morgan fingerprint density at radius 2 is 2.15 bits per heavy atom. The molecule has 1 aliphatic carbocycles. The Morgan fingerprint density at radius 1 is 1.37 bits per heavy atom. The zero-order chi connectivity index (χ0) is 19.3. The first-order chi connectivity index (χ1) is 12.8. The van der Waals surface area contributed by atoms with Crippen molar-refractivity contribution >= 4 is 11.7 Å². The number of ketones is 1. The van der Waals surface area contributed by atoms with Gasteiger partial charge in [-0.2, -0.15) is 0 Å². The van der Waals surface area contributed by atoms with Gasteiger partial charge in [-0.25, -0.2) is 0 Å². The van der Waals surface area contributed by atoms with Gasteiger partial charge in [-0.3, -0.25) is 4.79 Å². The lowest BCUT2D eigenvalue weighted by atomic mass is 9.69. The number of phenolic OH excluding ortho intramolecular Hbond substituents is 1. The molecule has 1 aromatic heterocycles. The molecule has 2 aliphatic rings. The number of aromatic nitrogens is 1. The molecular formula is C21H24N2O4. The Hall–Kier alpha value is -2.76. The van der Waals surface area contributed by atoms with Gasteiger partial charge in [0.25, 0.3) is 0 Å². The van der Waals surface area contributed by atoms with Gasteiger partial charge in [-0.15, -0.1) is 0 Å². The van der Waals surface area contributed by atoms with Crippen LogP contribution in [-0.4, -0.2) is 22.7 Å². The van der Waals surface area contributed by atoms with Crippen LogP contribution in [0.25, 0.3) is 0 Å². The minimum atomic E-state index is -0.312. The number of carbonyl (C=O) groups excluding carboxylic acids is 1. The number of carbonyl (C=O) groups is 1. The fourth-order valence-corrected chi connectivity index (χ4v) is 4.19. The average molecular weight is 368 g/mol. The minimum Gasteiger partial charge on any atom is -0.504 e. The molecule has 0 fully saturated rings. The first-order valence-electron chi connectivity index (χ1n) is 9.26. The topological polar surface area (TPSA) is 84.6 Å². The highest BCUT2D eigenvalue weighted by atomic mass is 16.5. The minimum absolute atomic E-state index is 0.0641. The summed E-state index contributed by atoms with van der Waals surface area (Å²) < 4.78 is 10.9. The number of benzene rings is 1. The zero-order valence-corrected chi connectivity index (χ0v) is 16.0. The van der Waals surface area contributed by atoms with Gasteiger partial charge in [-0.1, -0.05) is 25.1 Å². The van der Waals surface area contributed by atoms with Gasteiger partial charge >= 0.3 is 0 Å². The molecule has 27 heavy (non-hydrogen) atoms. The quantitative estimate of drug-likeness (QED) is 0.841. The lowest BCUT2D eigenvalue weighted by molar-refractivity contribution is -0.118. The van der Waals surface area contributed by atoms with Crippen LogP contribution in [0.5, 0.6) is 11.5 Å². The highest BCUT2D eigenvalue weighted by molar-refractivity contribution is 6.01. The molecule has 2 aromatic rings. The molecule has 0 bridgehead atoms. The molecule has 0 saturated heterocycles. The Kier molecular flexibility index (Phi) is 4.02. The van der Waals surface area contributed by atoms with E-state index < -0.39 is 0 Å². The van der Waals surface area contributed by atoms with Crippen LogP contribution in [0.3, 0.4) is 0 Å². The van der Waals surface area contributed by atoms with E-state index in [4.69, 9.17) is 9.26 Å². The number of Topliss-reactive ketones (excluding diaryl/α,β-unsaturated/α-hetero) is 1. The van der Waals surface area contributed by atoms with E-state index in [1.807, 2.05) is 19.9 Å². The Labute approximate surface area is 158 Å². The highest BCUT2D eigenvalue weighted by Crippen LogP contribution is 2.50. The van der Waals surface area contributed by atoms with Crippen molar-refractivity contribution in [2.24, 2.45) is 5.41 Å². The largest absolute Gasteiger partial charge is 0.504 e. The van der Waals surface area contributed by atoms with Crippen molar-refractivity contribution in [2.45, 2.75) is 46.5 Å². The van der Waals surface area contributed by atoms with Gasteiger partial charge < -0.3 is 19.7 Å². The number of phenols is 1. The lowest BCUT2D eigenvalue weighted by Crippen LogP contribution is -2.33. The van der Waals surface area contributed by atoms with Gasteiger partial charge in [-0.05, 0) is 43.4 Å². The van der Waals surface area contributed by atoms with Crippen LogP contribution < -0.4 is 10.1 Å². The molecule has 0 unspecified atom stereocenters. The summed E-state index contributed by atoms with van der Waals surface area (Å²) in [6.07, 6.45) is 1.25. The maximum absolute atomic E-state index is 13.1. The van der Waals surface area contributed by atoms with Crippen molar-refractivity contribution in [3.05, 3.63) is 46.3 Å². The number of aromatic hydroxyl groups is 1. The van der Waals surface area contributed by atoms with Crippen LogP contribution in [0.1, 0.15) is 56.4 Å². The third-order valence-corrected chi connectivity index (χ3v) is 5.29. The van der Waals surface area contributed by atoms with E-state index in [9.17, 15) is 9.90 Å². The van der Waals surface area contributed by atoms with Crippen LogP contribution in [0.15, 0.2) is 34.0 Å². The molecule has 142 valence electrons. The van der Waals surface area contributed by atoms with Gasteiger partial charge in [0.05, 0.1) is 17.9 Å². The first kappa shape index (κ1) is 17.6. The molecular weight excluding hydrogens is 344 g/mol. The van der Waals surface area contributed by atoms with Gasteiger partial charge in [0.15, 0.2) is 17.3 Å². The predicted octanol–water partition coefficient (Wildman–Crippen LogP) is 4.29. The van der Waals surface area contributed by atoms with E-state index in [-0.39, 0.29) is 22.9 Å². The molecule has 6 heteroatoms. The van der Waals surface area contributed by atoms with Crippen LogP contribution >= 0.6 is 0 Å². The molecule has 1 aliphatic heterocycles. The highest BCUT2D eigenvalue weighted by Gasteiger charge is 2.43. The molecule has 2 N–H and O–H groups in total. The zero-order valence-electron chi connectivity index (χ0n) is 16.0. The third-order valence-electron chi connectivity index (χ3n) is 5.29. The average Bonchev–Trinajstić information content (AvgIpc) is 2.95. The second-order valence-corrected chi connectivity index (χ2v) is 8.06. The summed E-state index contributed by atoms with van der Waals surface area (Å²) in [6, 6.07) is 5.32. The number of fused-ring (bicyclic) bond motifs is 1. The number of nitrogens with one attached hydrogen (secondary N) is 1. The van der Waals surface area contributed by atoms with E-state index in [1.54, 1.807) is 12.1 Å². The molecule has 0 radical (unpaired) electrons. The molecule has 2 heterocycles. The monoisotopic (exact) mass is 368 g/mol. The molecule has 1 atom stereocenters. The second-order valence-electron chi connectivity index (χ2n) is 8.06. The summed E-state index contributed by atoms with van der Waals surface area (Å²) in [5.41, 5.74) is 3.94. The van der Waals surface area contributed by atoms with E-state index in [2.05, 4.69) is 24.3 Å². The number of ether oxygens (including phenoxy) is 1. The summed E-state index contributed by atoms with van der Waals surface area (Å²) in [5.74, 6) is 0.887. The number of hydrogen-bond acceptors (Lipinski definition) is 6. The van der Waals surface area contributed by atoms with Gasteiger partial charge in [0.1, 0.15) is 0 Å². The van der Waals surface area contributed by atoms with Crippen molar-refractivity contribution in [3.63, 3.8) is 0 Å². The van der Waals surface area contributed by atoms with Crippen molar-refractivity contribution < 1.29 is 19.2 Å². The summed E-state index contributed by atoms with van der Waals surface area (Å²) in [7, 11) is 0. The summed E-state index contributed by atoms with van der Waals surface area (Å²) >= 11 is 0. The van der Waals surface area contributed by atoms with Crippen molar-refractivity contribution in [1.29, 1.82) is 0 Å². The van der Waals surface area contributed by atoms with Crippen LogP contribution in [0.2, 0.25) is 0 Å². The van der Waals surface area contributed by atoms with Crippen LogP contribution in [0.4, 0.5) is 5.88 Å². The SMILES string of the molecule is CCOc1ccc([C@@H]2C3=C(CC(C)(C)CC3=O)Nc3onc(C)c32)cc1O. The lowest BCUT2D eigenvalue weighted by Gasteiger charge is -2.37. The fourth-order valence-electron chi connectivity index (χ4n) is 4.19. The number of rotatable bonds is 3.